The van der Waals surface area contributed by atoms with Gasteiger partial charge in [0.25, 0.3) is 0 Å². The van der Waals surface area contributed by atoms with Gasteiger partial charge in [0.1, 0.15) is 11.9 Å². The molecular weight excluding hydrogens is 297 g/mol. The molecule has 0 aromatic heterocycles. The number of hydrogen-bond acceptors (Lipinski definition) is 3. The second-order valence-electron chi connectivity index (χ2n) is 3.20. The van der Waals surface area contributed by atoms with Gasteiger partial charge in [-0.05, 0) is 23.8 Å². The molecule has 0 fully saturated rings. The Hall–Kier alpha value is -0.590. The largest absolute Gasteiger partial charge is 0.480 e. The van der Waals surface area contributed by atoms with Crippen molar-refractivity contribution >= 4 is 33.7 Å². The van der Waals surface area contributed by atoms with Gasteiger partial charge < -0.3 is 10.8 Å². The molecule has 6 heteroatoms. The third-order valence-electron chi connectivity index (χ3n) is 1.88. The molecule has 1 atom stereocenters. The van der Waals surface area contributed by atoms with E-state index in [4.69, 9.17) is 10.8 Å². The van der Waals surface area contributed by atoms with Crippen LogP contribution in [0.5, 0.6) is 0 Å². The van der Waals surface area contributed by atoms with Gasteiger partial charge in [-0.15, -0.1) is 0 Å². The number of nitrogens with two attached hydrogens (primary N) is 1. The van der Waals surface area contributed by atoms with Crippen LogP contribution in [-0.4, -0.2) is 22.9 Å². The normalized spacial score (nSPS) is 12.4. The van der Waals surface area contributed by atoms with Gasteiger partial charge in [-0.2, -0.15) is 11.8 Å². The molecule has 0 bridgehead atoms. The van der Waals surface area contributed by atoms with Crippen LogP contribution >= 0.6 is 27.7 Å². The molecule has 0 spiro atoms. The maximum atomic E-state index is 12.9. The number of thioether (sulfide) groups is 1. The summed E-state index contributed by atoms with van der Waals surface area (Å²) < 4.78 is 13.7. The van der Waals surface area contributed by atoms with Crippen LogP contribution in [0.15, 0.2) is 22.7 Å². The Morgan fingerprint density at radius 2 is 2.31 bits per heavy atom. The number of aliphatic carboxylic acids is 1. The maximum Gasteiger partial charge on any atom is 0.321 e. The number of rotatable bonds is 5. The fourth-order valence-corrected chi connectivity index (χ4v) is 2.57. The minimum absolute atomic E-state index is 0.304. The van der Waals surface area contributed by atoms with Crippen molar-refractivity contribution in [1.82, 2.24) is 0 Å². The van der Waals surface area contributed by atoms with Crippen molar-refractivity contribution in [2.24, 2.45) is 5.73 Å². The first kappa shape index (κ1) is 13.5. The van der Waals surface area contributed by atoms with E-state index in [0.717, 1.165) is 10.0 Å². The summed E-state index contributed by atoms with van der Waals surface area (Å²) in [6.07, 6.45) is 0. The predicted molar refractivity (Wildman–Crippen MR) is 65.9 cm³/mol. The van der Waals surface area contributed by atoms with Gasteiger partial charge in [0, 0.05) is 16.0 Å². The van der Waals surface area contributed by atoms with Crippen LogP contribution < -0.4 is 5.73 Å². The number of carboxylic acids is 1. The van der Waals surface area contributed by atoms with Gasteiger partial charge in [0.05, 0.1) is 0 Å². The summed E-state index contributed by atoms with van der Waals surface area (Å²) in [7, 11) is 0. The zero-order valence-corrected chi connectivity index (χ0v) is 10.7. The first-order valence-electron chi connectivity index (χ1n) is 4.50. The molecule has 0 aliphatic heterocycles. The lowest BCUT2D eigenvalue weighted by molar-refractivity contribution is -0.137. The van der Waals surface area contributed by atoms with Crippen LogP contribution in [0.1, 0.15) is 5.56 Å². The first-order valence-corrected chi connectivity index (χ1v) is 6.45. The third kappa shape index (κ3) is 4.11. The Balaban J connectivity index is 2.48. The molecule has 0 saturated heterocycles. The molecule has 0 saturated carbocycles. The maximum absolute atomic E-state index is 12.9. The lowest BCUT2D eigenvalue weighted by Gasteiger charge is -2.07. The highest BCUT2D eigenvalue weighted by atomic mass is 79.9. The molecule has 0 amide bonds. The van der Waals surface area contributed by atoms with Crippen molar-refractivity contribution in [2.75, 3.05) is 5.75 Å². The Morgan fingerprint density at radius 3 is 2.94 bits per heavy atom. The molecule has 3 nitrogen and oxygen atoms in total. The van der Waals surface area contributed by atoms with Crippen LogP contribution in [0.3, 0.4) is 0 Å². The van der Waals surface area contributed by atoms with Crippen molar-refractivity contribution in [3.05, 3.63) is 34.1 Å². The lowest BCUT2D eigenvalue weighted by atomic mass is 10.2. The van der Waals surface area contributed by atoms with Crippen molar-refractivity contribution in [3.8, 4) is 0 Å². The second-order valence-corrected chi connectivity index (χ2v) is 5.08. The highest BCUT2D eigenvalue weighted by Gasteiger charge is 2.11. The Kier molecular flexibility index (Phi) is 5.24. The first-order chi connectivity index (χ1) is 7.50. The number of benzene rings is 1. The van der Waals surface area contributed by atoms with E-state index >= 15 is 0 Å². The molecule has 0 radical (unpaired) electrons. The average molecular weight is 308 g/mol. The van der Waals surface area contributed by atoms with E-state index < -0.39 is 12.0 Å². The summed E-state index contributed by atoms with van der Waals surface area (Å²) in [5.41, 5.74) is 6.14. The second kappa shape index (κ2) is 6.22. The zero-order chi connectivity index (χ0) is 12.1. The van der Waals surface area contributed by atoms with Gasteiger partial charge in [-0.1, -0.05) is 15.9 Å². The minimum atomic E-state index is -1.02. The molecule has 1 rings (SSSR count). The van der Waals surface area contributed by atoms with Gasteiger partial charge in [0.15, 0.2) is 0 Å². The number of halogens is 2. The lowest BCUT2D eigenvalue weighted by Crippen LogP contribution is -2.32. The minimum Gasteiger partial charge on any atom is -0.480 e. The van der Waals surface area contributed by atoms with E-state index in [-0.39, 0.29) is 5.82 Å². The highest BCUT2D eigenvalue weighted by Crippen LogP contribution is 2.22. The topological polar surface area (TPSA) is 63.3 Å². The van der Waals surface area contributed by atoms with Gasteiger partial charge in [-0.25, -0.2) is 4.39 Å². The van der Waals surface area contributed by atoms with Crippen molar-refractivity contribution in [2.45, 2.75) is 11.8 Å². The summed E-state index contributed by atoms with van der Waals surface area (Å²) in [6, 6.07) is 3.53. The summed E-state index contributed by atoms with van der Waals surface area (Å²) in [5.74, 6) is -0.496. The van der Waals surface area contributed by atoms with Crippen LogP contribution in [0.25, 0.3) is 0 Å². The molecule has 0 aliphatic rings. The standard InChI is InChI=1S/C10H11BrFNO2S/c11-8-2-1-7(12)3-6(8)4-16-5-9(13)10(14)15/h1-3,9H,4-5,13H2,(H,14,15)/t9-/m0/s1. The van der Waals surface area contributed by atoms with E-state index in [1.54, 1.807) is 6.07 Å². The molecular formula is C10H11BrFNO2S. The van der Waals surface area contributed by atoms with E-state index in [1.807, 2.05) is 0 Å². The molecule has 3 N–H and O–H groups in total. The van der Waals surface area contributed by atoms with Crippen LogP contribution in [0.4, 0.5) is 4.39 Å². The summed E-state index contributed by atoms with van der Waals surface area (Å²) in [4.78, 5) is 10.5. The van der Waals surface area contributed by atoms with Gasteiger partial charge >= 0.3 is 5.97 Å². The van der Waals surface area contributed by atoms with Crippen LogP contribution in [0.2, 0.25) is 0 Å². The Morgan fingerprint density at radius 1 is 1.62 bits per heavy atom. The molecule has 88 valence electrons. The quantitative estimate of drug-likeness (QED) is 0.875. The van der Waals surface area contributed by atoms with Crippen molar-refractivity contribution in [3.63, 3.8) is 0 Å². The molecule has 1 aromatic rings. The zero-order valence-electron chi connectivity index (χ0n) is 8.32. The predicted octanol–water partition coefficient (Wildman–Crippen LogP) is 2.23. The summed E-state index contributed by atoms with van der Waals surface area (Å²) in [5, 5.41) is 8.57. The van der Waals surface area contributed by atoms with Crippen molar-refractivity contribution < 1.29 is 14.3 Å². The molecule has 0 unspecified atom stereocenters. The average Bonchev–Trinajstić information content (AvgIpc) is 2.22. The fraction of sp³-hybridized carbons (Fsp3) is 0.300. The smallest absolute Gasteiger partial charge is 0.321 e. The monoisotopic (exact) mass is 307 g/mol. The number of carboxylic acid groups (broad SMARTS) is 1. The SMILES string of the molecule is N[C@@H](CSCc1cc(F)ccc1Br)C(=O)O. The van der Waals surface area contributed by atoms with Crippen LogP contribution in [0, 0.1) is 5.82 Å². The molecule has 0 heterocycles. The van der Waals surface area contributed by atoms with Crippen LogP contribution in [-0.2, 0) is 10.5 Å². The van der Waals surface area contributed by atoms with Gasteiger partial charge in [-0.3, -0.25) is 4.79 Å². The summed E-state index contributed by atoms with van der Waals surface area (Å²) in [6.45, 7) is 0. The van der Waals surface area contributed by atoms with Gasteiger partial charge in [0.2, 0.25) is 0 Å². The Bertz CT molecular complexity index is 389. The van der Waals surface area contributed by atoms with E-state index in [1.165, 1.54) is 23.9 Å². The Labute approximate surface area is 105 Å². The number of hydrogen-bond donors (Lipinski definition) is 2. The van der Waals surface area contributed by atoms with Crippen molar-refractivity contribution in [1.29, 1.82) is 0 Å². The molecule has 16 heavy (non-hydrogen) atoms. The third-order valence-corrected chi connectivity index (χ3v) is 3.76. The highest BCUT2D eigenvalue weighted by molar-refractivity contribution is 9.10. The molecule has 1 aromatic carbocycles. The van der Waals surface area contributed by atoms with E-state index in [9.17, 15) is 9.18 Å². The summed E-state index contributed by atoms with van der Waals surface area (Å²) >= 11 is 4.66. The van der Waals surface area contributed by atoms with E-state index in [2.05, 4.69) is 15.9 Å². The fourth-order valence-electron chi connectivity index (χ4n) is 1.02. The van der Waals surface area contributed by atoms with E-state index in [0.29, 0.717) is 11.5 Å². The number of carbonyl (C=O) groups is 1. The molecule has 0 aliphatic carbocycles.